The number of aliphatic imine (C=N–C) groups is 2. The molecule has 0 heterocycles. The fraction of sp³-hybridized carbons (Fsp3) is 0.190. The third kappa shape index (κ3) is 7.05. The molecule has 0 aliphatic heterocycles. The van der Waals surface area contributed by atoms with Crippen molar-refractivity contribution in [3.05, 3.63) is 169 Å². The van der Waals surface area contributed by atoms with Crippen molar-refractivity contribution >= 4 is 49.5 Å². The number of hydrogen-bond donors (Lipinski definition) is 0. The molecule has 3 aliphatic rings. The zero-order valence-electron chi connectivity index (χ0n) is 26.1. The van der Waals surface area contributed by atoms with Crippen LogP contribution in [0.25, 0.3) is 0 Å². The molecular formula is C42H40N2P2. The normalized spacial score (nSPS) is 22.7. The van der Waals surface area contributed by atoms with Gasteiger partial charge in [0.15, 0.2) is 0 Å². The van der Waals surface area contributed by atoms with Crippen molar-refractivity contribution < 1.29 is 0 Å². The maximum absolute atomic E-state index is 5.29. The van der Waals surface area contributed by atoms with Gasteiger partial charge in [-0.25, -0.2) is 0 Å². The highest BCUT2D eigenvalue weighted by molar-refractivity contribution is 7.74. The van der Waals surface area contributed by atoms with Gasteiger partial charge in [-0.15, -0.1) is 0 Å². The standard InChI is InChI=1S/C42H40N2P2/c1-5-19-35(20-6-1)45(36-21-7-2-8-22-36)41-29-15-17-33(41)31-43-39-27-13-14-28-40(39)44-32-34-18-16-30-42(34)46(37-23-9-3-10-24-37)38-25-11-4-12-26-38/h1-12,15-26,29-32,39-42H,13-14,27-28H2/t39-,40-,41+,42+/m1/s1. The molecule has 46 heavy (non-hydrogen) atoms. The van der Waals surface area contributed by atoms with E-state index in [9.17, 15) is 0 Å². The first kappa shape index (κ1) is 30.7. The summed E-state index contributed by atoms with van der Waals surface area (Å²) in [5.74, 6) is 0. The molecule has 7 rings (SSSR count). The number of nitrogens with zero attached hydrogens (tertiary/aromatic N) is 2. The van der Waals surface area contributed by atoms with Crippen molar-refractivity contribution in [2.24, 2.45) is 9.98 Å². The molecule has 4 aromatic carbocycles. The highest BCUT2D eigenvalue weighted by Crippen LogP contribution is 2.46. The van der Waals surface area contributed by atoms with Crippen molar-refractivity contribution in [1.82, 2.24) is 0 Å². The Labute approximate surface area is 276 Å². The smallest absolute Gasteiger partial charge is 0.0723 e. The van der Waals surface area contributed by atoms with Gasteiger partial charge in [0.2, 0.25) is 0 Å². The molecule has 4 atom stereocenters. The molecule has 4 heteroatoms. The van der Waals surface area contributed by atoms with Gasteiger partial charge in [-0.1, -0.05) is 171 Å². The first-order valence-corrected chi connectivity index (χ1v) is 19.3. The Hall–Kier alpha value is -3.96. The van der Waals surface area contributed by atoms with Crippen LogP contribution >= 0.6 is 15.8 Å². The first-order chi connectivity index (χ1) is 22.8. The van der Waals surface area contributed by atoms with Crippen LogP contribution in [0.15, 0.2) is 179 Å². The summed E-state index contributed by atoms with van der Waals surface area (Å²) in [5.41, 5.74) is 3.26. The lowest BCUT2D eigenvalue weighted by molar-refractivity contribution is 0.390. The van der Waals surface area contributed by atoms with E-state index in [1.165, 1.54) is 45.2 Å². The monoisotopic (exact) mass is 634 g/mol. The average Bonchev–Trinajstić information content (AvgIpc) is 3.79. The minimum atomic E-state index is -0.583. The summed E-state index contributed by atoms with van der Waals surface area (Å²) < 4.78 is 0. The first-order valence-electron chi connectivity index (χ1n) is 16.5. The summed E-state index contributed by atoms with van der Waals surface area (Å²) in [7, 11) is -1.17. The second-order valence-electron chi connectivity index (χ2n) is 12.1. The van der Waals surface area contributed by atoms with Gasteiger partial charge in [-0.2, -0.15) is 0 Å². The largest absolute Gasteiger partial charge is 0.287 e. The molecule has 0 saturated heterocycles. The minimum absolute atomic E-state index is 0.213. The predicted molar refractivity (Wildman–Crippen MR) is 203 cm³/mol. The SMILES string of the molecule is C1=C[C@H](P(c2ccccc2)c2ccccc2)C(C=N[C@@H]2CCCC[C@H]2N=CC2=CC=C[C@@H]2P(c2ccccc2)c2ccccc2)=C1. The van der Waals surface area contributed by atoms with Crippen molar-refractivity contribution in [2.45, 2.75) is 49.1 Å². The maximum Gasteiger partial charge on any atom is 0.0723 e. The van der Waals surface area contributed by atoms with E-state index in [-0.39, 0.29) is 12.1 Å². The number of benzene rings is 4. The number of hydrogen-bond acceptors (Lipinski definition) is 2. The van der Waals surface area contributed by atoms with E-state index in [2.05, 4.69) is 170 Å². The minimum Gasteiger partial charge on any atom is -0.287 e. The van der Waals surface area contributed by atoms with Gasteiger partial charge in [-0.05, 0) is 61.0 Å². The molecule has 1 saturated carbocycles. The summed E-state index contributed by atoms with van der Waals surface area (Å²) in [5, 5.41) is 5.61. The highest BCUT2D eigenvalue weighted by atomic mass is 31.1. The van der Waals surface area contributed by atoms with E-state index in [0.29, 0.717) is 11.3 Å². The lowest BCUT2D eigenvalue weighted by Crippen LogP contribution is -2.28. The molecule has 0 radical (unpaired) electrons. The van der Waals surface area contributed by atoms with E-state index in [1.54, 1.807) is 0 Å². The molecule has 0 aromatic heterocycles. The lowest BCUT2D eigenvalue weighted by Gasteiger charge is -2.28. The van der Waals surface area contributed by atoms with E-state index >= 15 is 0 Å². The molecule has 1 fully saturated rings. The van der Waals surface area contributed by atoms with Gasteiger partial charge in [0.05, 0.1) is 12.1 Å². The van der Waals surface area contributed by atoms with Crippen LogP contribution < -0.4 is 21.2 Å². The van der Waals surface area contributed by atoms with Crippen LogP contribution in [0.2, 0.25) is 0 Å². The van der Waals surface area contributed by atoms with Crippen molar-refractivity contribution in [3.63, 3.8) is 0 Å². The molecule has 228 valence electrons. The molecule has 0 spiro atoms. The van der Waals surface area contributed by atoms with Crippen molar-refractivity contribution in [1.29, 1.82) is 0 Å². The summed E-state index contributed by atoms with van der Waals surface area (Å²) in [4.78, 5) is 10.6. The fourth-order valence-corrected chi connectivity index (χ4v) is 12.1. The van der Waals surface area contributed by atoms with Gasteiger partial charge in [0.25, 0.3) is 0 Å². The van der Waals surface area contributed by atoms with Gasteiger partial charge in [0, 0.05) is 23.7 Å². The summed E-state index contributed by atoms with van der Waals surface area (Å²) in [6, 6.07) is 44.5. The van der Waals surface area contributed by atoms with Gasteiger partial charge >= 0.3 is 0 Å². The maximum atomic E-state index is 5.29. The Bertz CT molecular complexity index is 1550. The van der Waals surface area contributed by atoms with Crippen LogP contribution in [0.1, 0.15) is 25.7 Å². The van der Waals surface area contributed by atoms with E-state index in [4.69, 9.17) is 9.98 Å². The van der Waals surface area contributed by atoms with Gasteiger partial charge in [0.1, 0.15) is 0 Å². The number of allylic oxidation sites excluding steroid dienone is 8. The molecule has 4 aromatic rings. The topological polar surface area (TPSA) is 24.7 Å². The highest BCUT2D eigenvalue weighted by Gasteiger charge is 2.30. The zero-order chi connectivity index (χ0) is 31.0. The Morgan fingerprint density at radius 1 is 0.457 bits per heavy atom. The lowest BCUT2D eigenvalue weighted by atomic mass is 9.91. The summed E-state index contributed by atoms with van der Waals surface area (Å²) >= 11 is 0. The Morgan fingerprint density at radius 2 is 0.783 bits per heavy atom. The molecule has 2 nitrogen and oxygen atoms in total. The van der Waals surface area contributed by atoms with E-state index in [0.717, 1.165) is 12.8 Å². The van der Waals surface area contributed by atoms with Crippen LogP contribution in [0.5, 0.6) is 0 Å². The second kappa shape index (κ2) is 15.1. The molecule has 0 amide bonds. The van der Waals surface area contributed by atoms with Crippen LogP contribution in [-0.2, 0) is 0 Å². The van der Waals surface area contributed by atoms with Gasteiger partial charge in [-0.3, -0.25) is 9.98 Å². The van der Waals surface area contributed by atoms with Crippen molar-refractivity contribution in [3.8, 4) is 0 Å². The fourth-order valence-electron chi connectivity index (χ4n) is 6.77. The van der Waals surface area contributed by atoms with Crippen LogP contribution in [0.4, 0.5) is 0 Å². The Balaban J connectivity index is 1.10. The predicted octanol–water partition coefficient (Wildman–Crippen LogP) is 8.43. The van der Waals surface area contributed by atoms with Crippen LogP contribution in [-0.4, -0.2) is 35.8 Å². The molecule has 0 unspecified atom stereocenters. The summed E-state index contributed by atoms with van der Waals surface area (Å²) in [6.45, 7) is 0. The molecule has 3 aliphatic carbocycles. The Kier molecular flexibility index (Phi) is 10.1. The zero-order valence-corrected chi connectivity index (χ0v) is 27.9. The van der Waals surface area contributed by atoms with Crippen LogP contribution in [0.3, 0.4) is 0 Å². The quantitative estimate of drug-likeness (QED) is 0.124. The average molecular weight is 635 g/mol. The van der Waals surface area contributed by atoms with Crippen LogP contribution in [0, 0.1) is 0 Å². The van der Waals surface area contributed by atoms with E-state index in [1.807, 2.05) is 0 Å². The molecule has 0 bridgehead atoms. The number of rotatable bonds is 10. The van der Waals surface area contributed by atoms with E-state index < -0.39 is 15.8 Å². The molecular weight excluding hydrogens is 594 g/mol. The van der Waals surface area contributed by atoms with Gasteiger partial charge < -0.3 is 0 Å². The molecule has 0 N–H and O–H groups in total. The Morgan fingerprint density at radius 3 is 1.11 bits per heavy atom. The third-order valence-corrected chi connectivity index (χ3v) is 14.5. The summed E-state index contributed by atoms with van der Waals surface area (Å²) in [6.07, 6.45) is 22.7. The second-order valence-corrected chi connectivity index (χ2v) is 16.7. The third-order valence-electron chi connectivity index (χ3n) is 9.07. The van der Waals surface area contributed by atoms with Crippen molar-refractivity contribution in [2.75, 3.05) is 0 Å².